The van der Waals surface area contributed by atoms with Crippen molar-refractivity contribution in [2.24, 2.45) is 0 Å². The van der Waals surface area contributed by atoms with Crippen LogP contribution in [-0.4, -0.2) is 52.0 Å². The molecule has 0 aromatic carbocycles. The second-order valence-corrected chi connectivity index (χ2v) is 9.70. The van der Waals surface area contributed by atoms with Crippen molar-refractivity contribution < 1.29 is 33.2 Å². The molecule has 0 aliphatic heterocycles. The Morgan fingerprint density at radius 3 is 0.923 bits per heavy atom. The van der Waals surface area contributed by atoms with Crippen LogP contribution in [0.4, 0.5) is 0 Å². The fourth-order valence-electron chi connectivity index (χ4n) is 3.25. The van der Waals surface area contributed by atoms with Crippen LogP contribution in [0.25, 0.3) is 0 Å². The summed E-state index contributed by atoms with van der Waals surface area (Å²) in [4.78, 5) is 0. The summed E-state index contributed by atoms with van der Waals surface area (Å²) in [6.45, 7) is 15.2. The van der Waals surface area contributed by atoms with Gasteiger partial charge in [0.1, 0.15) is 0 Å². The summed E-state index contributed by atoms with van der Waals surface area (Å²) in [5, 5.41) is 0. The molecule has 0 heterocycles. The highest BCUT2D eigenvalue weighted by molar-refractivity contribution is 4.81. The minimum atomic E-state index is -1.81. The van der Waals surface area contributed by atoms with E-state index in [0.717, 1.165) is 77.0 Å². The molecular weight excluding hydrogens is 496 g/mol. The molecule has 39 heavy (non-hydrogen) atoms. The fourth-order valence-corrected chi connectivity index (χ4v) is 3.25. The molecule has 0 N–H and O–H groups in total. The number of unbranched alkanes of at least 4 members (excludes halogenated alkanes) is 6. The highest BCUT2D eigenvalue weighted by Gasteiger charge is 2.49. The standard InChI is InChI=1S/C32H62O7/c1-7-13-19-21-23-29-37-31(33-25-15-9-3,34-26-16-10-4)39-32(35-27-17-11-5,36-28-18-12-6)38-30-24-22-20-14-8-2/h19-22H,7-18,23-30H2,1-6H3. The van der Waals surface area contributed by atoms with Crippen molar-refractivity contribution >= 4 is 0 Å². The van der Waals surface area contributed by atoms with Crippen LogP contribution in [0.15, 0.2) is 24.3 Å². The molecule has 0 amide bonds. The predicted octanol–water partition coefficient (Wildman–Crippen LogP) is 9.02. The molecule has 0 aromatic rings. The molecule has 0 fully saturated rings. The normalized spacial score (nSPS) is 12.9. The van der Waals surface area contributed by atoms with E-state index in [-0.39, 0.29) is 0 Å². The molecule has 0 aromatic heterocycles. The molecule has 0 aliphatic carbocycles. The first-order valence-corrected chi connectivity index (χ1v) is 15.9. The van der Waals surface area contributed by atoms with E-state index in [9.17, 15) is 0 Å². The van der Waals surface area contributed by atoms with Gasteiger partial charge in [-0.2, -0.15) is 0 Å². The quantitative estimate of drug-likeness (QED) is 0.0495. The summed E-state index contributed by atoms with van der Waals surface area (Å²) < 4.78 is 43.9. The second-order valence-electron chi connectivity index (χ2n) is 9.70. The van der Waals surface area contributed by atoms with Crippen molar-refractivity contribution in [1.82, 2.24) is 0 Å². The van der Waals surface area contributed by atoms with Crippen LogP contribution in [0.5, 0.6) is 0 Å². The molecule has 0 radical (unpaired) electrons. The van der Waals surface area contributed by atoms with Crippen molar-refractivity contribution in [2.75, 3.05) is 39.6 Å². The maximum atomic E-state index is 6.49. The maximum absolute atomic E-state index is 6.49. The summed E-state index contributed by atoms with van der Waals surface area (Å²) in [6, 6.07) is 0. The van der Waals surface area contributed by atoms with Crippen LogP contribution in [0.1, 0.15) is 131 Å². The summed E-state index contributed by atoms with van der Waals surface area (Å²) >= 11 is 0. The van der Waals surface area contributed by atoms with Gasteiger partial charge >= 0.3 is 12.3 Å². The van der Waals surface area contributed by atoms with Gasteiger partial charge in [0.05, 0.1) is 39.6 Å². The van der Waals surface area contributed by atoms with E-state index in [1.54, 1.807) is 0 Å². The van der Waals surface area contributed by atoms with Crippen LogP contribution in [0.3, 0.4) is 0 Å². The Morgan fingerprint density at radius 2 is 0.641 bits per heavy atom. The largest absolute Gasteiger partial charge is 0.418 e. The van der Waals surface area contributed by atoms with E-state index >= 15 is 0 Å². The van der Waals surface area contributed by atoms with Gasteiger partial charge in [-0.1, -0.05) is 104 Å². The molecule has 0 bridgehead atoms. The summed E-state index contributed by atoms with van der Waals surface area (Å²) in [5.74, 6) is 0. The van der Waals surface area contributed by atoms with Crippen LogP contribution in [-0.2, 0) is 33.2 Å². The smallest absolute Gasteiger partial charge is 0.303 e. The minimum absolute atomic E-state index is 0.359. The Hall–Kier alpha value is -0.800. The van der Waals surface area contributed by atoms with E-state index in [1.807, 2.05) is 0 Å². The zero-order valence-electron chi connectivity index (χ0n) is 26.3. The van der Waals surface area contributed by atoms with E-state index in [4.69, 9.17) is 33.2 Å². The van der Waals surface area contributed by atoms with Crippen molar-refractivity contribution in [3.8, 4) is 0 Å². The maximum Gasteiger partial charge on any atom is 0.418 e. The lowest BCUT2D eigenvalue weighted by molar-refractivity contribution is -0.620. The van der Waals surface area contributed by atoms with Gasteiger partial charge in [0.15, 0.2) is 0 Å². The van der Waals surface area contributed by atoms with Crippen LogP contribution in [0.2, 0.25) is 0 Å². The van der Waals surface area contributed by atoms with Gasteiger partial charge in [-0.25, -0.2) is 4.74 Å². The molecule has 7 nitrogen and oxygen atoms in total. The van der Waals surface area contributed by atoms with Gasteiger partial charge in [-0.05, 0) is 51.4 Å². The van der Waals surface area contributed by atoms with E-state index in [2.05, 4.69) is 65.8 Å². The first-order valence-electron chi connectivity index (χ1n) is 15.9. The highest BCUT2D eigenvalue weighted by atomic mass is 17.1. The van der Waals surface area contributed by atoms with E-state index in [0.29, 0.717) is 52.5 Å². The Kier molecular flexibility index (Phi) is 26.8. The van der Waals surface area contributed by atoms with Crippen LogP contribution in [0, 0.1) is 0 Å². The minimum Gasteiger partial charge on any atom is -0.303 e. The zero-order valence-corrected chi connectivity index (χ0v) is 26.3. The lowest BCUT2D eigenvalue weighted by Gasteiger charge is -2.40. The number of allylic oxidation sites excluding steroid dienone is 2. The second kappa shape index (κ2) is 27.4. The van der Waals surface area contributed by atoms with Crippen LogP contribution >= 0.6 is 0 Å². The topological polar surface area (TPSA) is 64.6 Å². The highest BCUT2D eigenvalue weighted by Crippen LogP contribution is 2.31. The lowest BCUT2D eigenvalue weighted by Crippen LogP contribution is -2.55. The fraction of sp³-hybridized carbons (Fsp3) is 0.875. The molecular formula is C32H62O7. The first kappa shape index (κ1) is 38.2. The Labute approximate surface area is 240 Å². The molecule has 232 valence electrons. The molecule has 0 aliphatic rings. The van der Waals surface area contributed by atoms with Gasteiger partial charge in [0.25, 0.3) is 0 Å². The summed E-state index contributed by atoms with van der Waals surface area (Å²) in [6.07, 6.45) is 17.9. The SMILES string of the molecule is CCCC=CCCOC(OCCCC)(OCCCC)OC(OCCC=CCCC)(OCCCC)OCCCC. The van der Waals surface area contributed by atoms with Gasteiger partial charge < -0.3 is 28.4 Å². The van der Waals surface area contributed by atoms with Gasteiger partial charge in [-0.3, -0.25) is 0 Å². The van der Waals surface area contributed by atoms with Crippen molar-refractivity contribution in [1.29, 1.82) is 0 Å². The third-order valence-corrected chi connectivity index (χ3v) is 5.73. The first-order chi connectivity index (χ1) is 19.1. The lowest BCUT2D eigenvalue weighted by atomic mass is 10.3. The number of ether oxygens (including phenoxy) is 7. The molecule has 0 rings (SSSR count). The van der Waals surface area contributed by atoms with Crippen molar-refractivity contribution in [3.05, 3.63) is 24.3 Å². The summed E-state index contributed by atoms with van der Waals surface area (Å²) in [5.41, 5.74) is 0. The van der Waals surface area contributed by atoms with Crippen molar-refractivity contribution in [3.63, 3.8) is 0 Å². The molecule has 0 saturated heterocycles. The number of hydrogen-bond acceptors (Lipinski definition) is 7. The molecule has 0 spiro atoms. The monoisotopic (exact) mass is 558 g/mol. The molecule has 0 unspecified atom stereocenters. The molecule has 7 heteroatoms. The van der Waals surface area contributed by atoms with E-state index < -0.39 is 12.3 Å². The average molecular weight is 559 g/mol. The van der Waals surface area contributed by atoms with Gasteiger partial charge in [0, 0.05) is 0 Å². The third kappa shape index (κ3) is 20.7. The van der Waals surface area contributed by atoms with Gasteiger partial charge in [0.2, 0.25) is 0 Å². The zero-order chi connectivity index (χ0) is 28.9. The molecule has 0 saturated carbocycles. The summed E-state index contributed by atoms with van der Waals surface area (Å²) in [7, 11) is 0. The Balaban J connectivity index is 6.06. The van der Waals surface area contributed by atoms with Crippen molar-refractivity contribution in [2.45, 2.75) is 144 Å². The average Bonchev–Trinajstić information content (AvgIpc) is 2.93. The Bertz CT molecular complexity index is 497. The number of rotatable bonds is 30. The van der Waals surface area contributed by atoms with E-state index in [1.165, 1.54) is 0 Å². The predicted molar refractivity (Wildman–Crippen MR) is 159 cm³/mol. The Morgan fingerprint density at radius 1 is 0.359 bits per heavy atom. The van der Waals surface area contributed by atoms with Gasteiger partial charge in [-0.15, -0.1) is 0 Å². The third-order valence-electron chi connectivity index (χ3n) is 5.73. The molecule has 0 atom stereocenters. The van der Waals surface area contributed by atoms with Crippen LogP contribution < -0.4 is 0 Å². The number of hydrogen-bond donors (Lipinski definition) is 0.